The maximum atomic E-state index is 5.38. The molecule has 1 aromatic heterocycles. The third-order valence-corrected chi connectivity index (χ3v) is 2.79. The fourth-order valence-electron chi connectivity index (χ4n) is 1.84. The number of nitrogens with zero attached hydrogens (tertiary/aromatic N) is 1. The number of para-hydroxylation sites is 1. The summed E-state index contributed by atoms with van der Waals surface area (Å²) in [6.07, 6.45) is 1.86. The lowest BCUT2D eigenvalue weighted by Gasteiger charge is -2.10. The molecule has 0 unspecified atom stereocenters. The first-order chi connectivity index (χ1) is 8.72. The molecule has 0 aliphatic heterocycles. The number of H-pyrrole nitrogens is 1. The number of hydrogen-bond acceptors (Lipinski definition) is 3. The minimum absolute atomic E-state index is 0.449. The molecule has 4 heteroatoms. The Kier molecular flexibility index (Phi) is 3.99. The molecule has 18 heavy (non-hydrogen) atoms. The van der Waals surface area contributed by atoms with Crippen LogP contribution in [0, 0.1) is 0 Å². The van der Waals surface area contributed by atoms with Crippen molar-refractivity contribution in [1.29, 1.82) is 0 Å². The first kappa shape index (κ1) is 12.6. The fourth-order valence-corrected chi connectivity index (χ4v) is 1.84. The number of aromatic amines is 1. The van der Waals surface area contributed by atoms with E-state index in [2.05, 4.69) is 29.4 Å². The summed E-state index contributed by atoms with van der Waals surface area (Å²) in [6.45, 7) is 5.05. The van der Waals surface area contributed by atoms with Gasteiger partial charge in [-0.1, -0.05) is 26.0 Å². The molecule has 96 valence electrons. The molecule has 2 rings (SSSR count). The Hall–Kier alpha value is -1.81. The molecule has 0 saturated heterocycles. The number of methoxy groups -OCH3 is 1. The van der Waals surface area contributed by atoms with Gasteiger partial charge in [0.2, 0.25) is 0 Å². The molecule has 0 aliphatic rings. The lowest BCUT2D eigenvalue weighted by atomic mass is 10.1. The van der Waals surface area contributed by atoms with E-state index in [1.807, 2.05) is 30.5 Å². The highest BCUT2D eigenvalue weighted by atomic mass is 16.5. The van der Waals surface area contributed by atoms with Crippen LogP contribution < -0.4 is 10.1 Å². The van der Waals surface area contributed by atoms with Gasteiger partial charge in [0.05, 0.1) is 19.0 Å². The van der Waals surface area contributed by atoms with Gasteiger partial charge in [-0.25, -0.2) is 0 Å². The molecule has 4 nitrogen and oxygen atoms in total. The number of aromatic nitrogens is 2. The van der Waals surface area contributed by atoms with Crippen LogP contribution in [0.5, 0.6) is 5.75 Å². The van der Waals surface area contributed by atoms with Crippen LogP contribution in [0.2, 0.25) is 0 Å². The number of nitrogens with one attached hydrogen (secondary N) is 2. The summed E-state index contributed by atoms with van der Waals surface area (Å²) in [4.78, 5) is 0. The van der Waals surface area contributed by atoms with E-state index in [1.165, 1.54) is 0 Å². The maximum absolute atomic E-state index is 5.38. The van der Waals surface area contributed by atoms with Crippen molar-refractivity contribution >= 4 is 0 Å². The summed E-state index contributed by atoms with van der Waals surface area (Å²) in [5.41, 5.74) is 3.20. The molecule has 0 saturated carbocycles. The topological polar surface area (TPSA) is 49.9 Å². The Morgan fingerprint density at radius 2 is 2.11 bits per heavy atom. The van der Waals surface area contributed by atoms with Gasteiger partial charge < -0.3 is 10.1 Å². The van der Waals surface area contributed by atoms with Crippen molar-refractivity contribution in [3.05, 3.63) is 36.0 Å². The normalized spacial score (nSPS) is 10.9. The summed E-state index contributed by atoms with van der Waals surface area (Å²) < 4.78 is 5.38. The summed E-state index contributed by atoms with van der Waals surface area (Å²) >= 11 is 0. The van der Waals surface area contributed by atoms with Crippen LogP contribution in [0.4, 0.5) is 0 Å². The van der Waals surface area contributed by atoms with Gasteiger partial charge >= 0.3 is 0 Å². The van der Waals surface area contributed by atoms with Crippen molar-refractivity contribution in [3.63, 3.8) is 0 Å². The van der Waals surface area contributed by atoms with Gasteiger partial charge in [-0.3, -0.25) is 5.10 Å². The largest absolute Gasteiger partial charge is 0.496 e. The second-order valence-corrected chi connectivity index (χ2v) is 4.51. The minimum atomic E-state index is 0.449. The van der Waals surface area contributed by atoms with E-state index in [-0.39, 0.29) is 0 Å². The molecule has 0 radical (unpaired) electrons. The van der Waals surface area contributed by atoms with Crippen LogP contribution >= 0.6 is 0 Å². The molecular weight excluding hydrogens is 226 g/mol. The van der Waals surface area contributed by atoms with Crippen molar-refractivity contribution in [2.45, 2.75) is 26.4 Å². The summed E-state index contributed by atoms with van der Waals surface area (Å²) in [5, 5.41) is 10.6. The number of ether oxygens (including phenoxy) is 1. The fraction of sp³-hybridized carbons (Fsp3) is 0.357. The lowest BCUT2D eigenvalue weighted by molar-refractivity contribution is 0.416. The van der Waals surface area contributed by atoms with Gasteiger partial charge in [0.25, 0.3) is 0 Å². The summed E-state index contributed by atoms with van der Waals surface area (Å²) in [5.74, 6) is 0.854. The third-order valence-electron chi connectivity index (χ3n) is 2.79. The van der Waals surface area contributed by atoms with Gasteiger partial charge in [0, 0.05) is 23.7 Å². The SMILES string of the molecule is COc1ccccc1-c1[nH]ncc1CNC(C)C. The number of hydrogen-bond donors (Lipinski definition) is 2. The standard InChI is InChI=1S/C14H19N3O/c1-10(2)15-8-11-9-16-17-14(11)12-6-4-5-7-13(12)18-3/h4-7,9-10,15H,8H2,1-3H3,(H,16,17). The lowest BCUT2D eigenvalue weighted by Crippen LogP contribution is -2.21. The zero-order valence-corrected chi connectivity index (χ0v) is 11.0. The van der Waals surface area contributed by atoms with Crippen LogP contribution in [0.25, 0.3) is 11.3 Å². The van der Waals surface area contributed by atoms with Gasteiger partial charge in [-0.2, -0.15) is 5.10 Å². The van der Waals surface area contributed by atoms with Crippen LogP contribution in [0.15, 0.2) is 30.5 Å². The Labute approximate surface area is 107 Å². The van der Waals surface area contributed by atoms with Crippen LogP contribution in [-0.4, -0.2) is 23.3 Å². The van der Waals surface area contributed by atoms with E-state index in [1.54, 1.807) is 7.11 Å². The van der Waals surface area contributed by atoms with E-state index in [0.717, 1.165) is 29.1 Å². The van der Waals surface area contributed by atoms with Crippen molar-refractivity contribution in [2.24, 2.45) is 0 Å². The highest BCUT2D eigenvalue weighted by Crippen LogP contribution is 2.30. The van der Waals surface area contributed by atoms with E-state index in [9.17, 15) is 0 Å². The van der Waals surface area contributed by atoms with Gasteiger partial charge in [-0.15, -0.1) is 0 Å². The monoisotopic (exact) mass is 245 g/mol. The van der Waals surface area contributed by atoms with Crippen molar-refractivity contribution in [1.82, 2.24) is 15.5 Å². The Morgan fingerprint density at radius 3 is 2.83 bits per heavy atom. The molecule has 0 fully saturated rings. The Balaban J connectivity index is 2.30. The molecular formula is C14H19N3O. The minimum Gasteiger partial charge on any atom is -0.496 e. The zero-order valence-electron chi connectivity index (χ0n) is 11.0. The van der Waals surface area contributed by atoms with Gasteiger partial charge in [-0.05, 0) is 12.1 Å². The van der Waals surface area contributed by atoms with Gasteiger partial charge in [0.15, 0.2) is 0 Å². The second-order valence-electron chi connectivity index (χ2n) is 4.51. The Morgan fingerprint density at radius 1 is 1.33 bits per heavy atom. The maximum Gasteiger partial charge on any atom is 0.128 e. The molecule has 0 amide bonds. The first-order valence-corrected chi connectivity index (χ1v) is 6.11. The highest BCUT2D eigenvalue weighted by Gasteiger charge is 2.11. The molecule has 0 bridgehead atoms. The summed E-state index contributed by atoms with van der Waals surface area (Å²) in [7, 11) is 1.68. The van der Waals surface area contributed by atoms with Crippen molar-refractivity contribution in [2.75, 3.05) is 7.11 Å². The number of benzene rings is 1. The van der Waals surface area contributed by atoms with Crippen molar-refractivity contribution in [3.8, 4) is 17.0 Å². The highest BCUT2D eigenvalue weighted by molar-refractivity contribution is 5.69. The molecule has 1 aromatic carbocycles. The average Bonchev–Trinajstić information content (AvgIpc) is 2.84. The molecule has 0 spiro atoms. The average molecular weight is 245 g/mol. The van der Waals surface area contributed by atoms with Gasteiger partial charge in [0.1, 0.15) is 5.75 Å². The van der Waals surface area contributed by atoms with E-state index in [0.29, 0.717) is 6.04 Å². The molecule has 0 atom stereocenters. The molecule has 1 heterocycles. The smallest absolute Gasteiger partial charge is 0.128 e. The van der Waals surface area contributed by atoms with Crippen LogP contribution in [0.3, 0.4) is 0 Å². The predicted octanol–water partition coefficient (Wildman–Crippen LogP) is 2.58. The Bertz CT molecular complexity index is 505. The first-order valence-electron chi connectivity index (χ1n) is 6.11. The second kappa shape index (κ2) is 5.69. The summed E-state index contributed by atoms with van der Waals surface area (Å²) in [6, 6.07) is 8.40. The third kappa shape index (κ3) is 2.71. The molecule has 0 aliphatic carbocycles. The van der Waals surface area contributed by atoms with Crippen LogP contribution in [0.1, 0.15) is 19.4 Å². The van der Waals surface area contributed by atoms with Crippen LogP contribution in [-0.2, 0) is 6.54 Å². The predicted molar refractivity (Wildman–Crippen MR) is 72.6 cm³/mol. The van der Waals surface area contributed by atoms with E-state index < -0.39 is 0 Å². The number of rotatable bonds is 5. The zero-order chi connectivity index (χ0) is 13.0. The van der Waals surface area contributed by atoms with Crippen molar-refractivity contribution < 1.29 is 4.74 Å². The molecule has 2 aromatic rings. The van der Waals surface area contributed by atoms with E-state index >= 15 is 0 Å². The quantitative estimate of drug-likeness (QED) is 0.851. The molecule has 2 N–H and O–H groups in total. The van der Waals surface area contributed by atoms with E-state index in [4.69, 9.17) is 4.74 Å².